The average molecular weight is 334 g/mol. The Bertz CT molecular complexity index is 327. The minimum Gasteiger partial charge on any atom is -0.490 e. The second-order valence-corrected chi connectivity index (χ2v) is 4.80. The van der Waals surface area contributed by atoms with Crippen LogP contribution in [0.25, 0.3) is 0 Å². The molecule has 0 aliphatic heterocycles. The molecule has 1 rings (SSSR count). The van der Waals surface area contributed by atoms with Crippen LogP contribution in [0.2, 0.25) is 0 Å². The van der Waals surface area contributed by atoms with E-state index in [-0.39, 0.29) is 0 Å². The Morgan fingerprint density at radius 1 is 1.31 bits per heavy atom. The van der Waals surface area contributed by atoms with Gasteiger partial charge in [-0.25, -0.2) is 0 Å². The van der Waals surface area contributed by atoms with Crippen molar-refractivity contribution in [2.45, 2.75) is 13.8 Å². The lowest BCUT2D eigenvalue weighted by Crippen LogP contribution is -2.28. The lowest BCUT2D eigenvalue weighted by Gasteiger charge is -2.18. The summed E-state index contributed by atoms with van der Waals surface area (Å²) >= 11 is 2.24. The van der Waals surface area contributed by atoms with Crippen LogP contribution in [0.5, 0.6) is 5.75 Å². The summed E-state index contributed by atoms with van der Waals surface area (Å²) in [5.41, 5.74) is 6.57. The van der Waals surface area contributed by atoms with E-state index in [9.17, 15) is 0 Å². The number of rotatable bonds is 6. The highest BCUT2D eigenvalue weighted by molar-refractivity contribution is 14.1. The van der Waals surface area contributed by atoms with Gasteiger partial charge in [0.15, 0.2) is 0 Å². The van der Waals surface area contributed by atoms with Crippen LogP contribution in [0.4, 0.5) is 5.69 Å². The van der Waals surface area contributed by atoms with Gasteiger partial charge in [0.1, 0.15) is 12.4 Å². The Morgan fingerprint density at radius 2 is 2.00 bits per heavy atom. The van der Waals surface area contributed by atoms with E-state index in [1.807, 2.05) is 18.2 Å². The van der Waals surface area contributed by atoms with E-state index in [0.717, 1.165) is 29.0 Å². The molecule has 0 unspecified atom stereocenters. The van der Waals surface area contributed by atoms with Crippen molar-refractivity contribution in [3.05, 3.63) is 21.8 Å². The van der Waals surface area contributed by atoms with E-state index in [1.165, 1.54) is 0 Å². The molecule has 0 saturated heterocycles. The molecule has 0 radical (unpaired) electrons. The molecule has 90 valence electrons. The molecule has 0 aliphatic rings. The number of likely N-dealkylation sites (N-methyl/N-ethyl adjacent to an activating group) is 1. The maximum Gasteiger partial charge on any atom is 0.142 e. The Balaban J connectivity index is 2.42. The van der Waals surface area contributed by atoms with Crippen molar-refractivity contribution in [3.8, 4) is 5.75 Å². The Labute approximate surface area is 111 Å². The van der Waals surface area contributed by atoms with Gasteiger partial charge in [0.05, 0.1) is 5.69 Å². The lowest BCUT2D eigenvalue weighted by molar-refractivity contribution is 0.223. The molecule has 1 aromatic rings. The number of nitrogen functional groups attached to an aromatic ring is 1. The maximum absolute atomic E-state index is 5.86. The highest BCUT2D eigenvalue weighted by Gasteiger charge is 2.02. The maximum atomic E-state index is 5.86. The summed E-state index contributed by atoms with van der Waals surface area (Å²) in [5, 5.41) is 0. The van der Waals surface area contributed by atoms with Gasteiger partial charge in [0.25, 0.3) is 0 Å². The first kappa shape index (κ1) is 13.6. The van der Waals surface area contributed by atoms with Crippen LogP contribution in [0.15, 0.2) is 18.2 Å². The van der Waals surface area contributed by atoms with Gasteiger partial charge >= 0.3 is 0 Å². The van der Waals surface area contributed by atoms with E-state index in [4.69, 9.17) is 10.5 Å². The quantitative estimate of drug-likeness (QED) is 0.642. The Hall–Kier alpha value is -0.490. The number of ether oxygens (including phenoxy) is 1. The third-order valence-electron chi connectivity index (χ3n) is 2.53. The molecular formula is C12H19IN2O. The van der Waals surface area contributed by atoms with E-state index in [1.54, 1.807) is 0 Å². The molecule has 0 heterocycles. The number of anilines is 1. The molecular weight excluding hydrogens is 315 g/mol. The predicted molar refractivity (Wildman–Crippen MR) is 76.9 cm³/mol. The van der Waals surface area contributed by atoms with Crippen LogP contribution < -0.4 is 10.5 Å². The van der Waals surface area contributed by atoms with E-state index in [2.05, 4.69) is 41.3 Å². The smallest absolute Gasteiger partial charge is 0.142 e. The molecule has 0 fully saturated rings. The van der Waals surface area contributed by atoms with Crippen molar-refractivity contribution in [1.29, 1.82) is 0 Å². The van der Waals surface area contributed by atoms with Crippen LogP contribution in [-0.2, 0) is 0 Å². The first-order valence-electron chi connectivity index (χ1n) is 5.57. The molecule has 4 heteroatoms. The summed E-state index contributed by atoms with van der Waals surface area (Å²) in [6, 6.07) is 5.86. The molecule has 0 saturated carbocycles. The zero-order valence-corrected chi connectivity index (χ0v) is 12.0. The van der Waals surface area contributed by atoms with Gasteiger partial charge in [0.2, 0.25) is 0 Å². The monoisotopic (exact) mass is 334 g/mol. The van der Waals surface area contributed by atoms with Crippen molar-refractivity contribution in [3.63, 3.8) is 0 Å². The highest BCUT2D eigenvalue weighted by atomic mass is 127. The van der Waals surface area contributed by atoms with Gasteiger partial charge in [-0.2, -0.15) is 0 Å². The molecule has 1 aromatic carbocycles. The zero-order chi connectivity index (χ0) is 12.0. The Kier molecular flexibility index (Phi) is 5.90. The topological polar surface area (TPSA) is 38.5 Å². The minimum absolute atomic E-state index is 0.687. The third kappa shape index (κ3) is 4.17. The zero-order valence-electron chi connectivity index (χ0n) is 9.87. The first-order chi connectivity index (χ1) is 7.67. The SMILES string of the molecule is CCN(CC)CCOc1ccc(I)cc1N. The minimum atomic E-state index is 0.687. The molecule has 0 aliphatic carbocycles. The number of nitrogens with two attached hydrogens (primary N) is 1. The lowest BCUT2D eigenvalue weighted by atomic mass is 10.3. The predicted octanol–water partition coefficient (Wildman–Crippen LogP) is 2.59. The summed E-state index contributed by atoms with van der Waals surface area (Å²) in [4.78, 5) is 2.32. The number of benzene rings is 1. The Morgan fingerprint density at radius 3 is 2.56 bits per heavy atom. The van der Waals surface area contributed by atoms with Gasteiger partial charge in [0, 0.05) is 10.1 Å². The van der Waals surface area contributed by atoms with Crippen molar-refractivity contribution in [2.75, 3.05) is 32.0 Å². The number of hydrogen-bond acceptors (Lipinski definition) is 3. The van der Waals surface area contributed by atoms with Crippen molar-refractivity contribution < 1.29 is 4.74 Å². The molecule has 0 bridgehead atoms. The van der Waals surface area contributed by atoms with Crippen LogP contribution in [0.1, 0.15) is 13.8 Å². The van der Waals surface area contributed by atoms with E-state index in [0.29, 0.717) is 12.3 Å². The van der Waals surface area contributed by atoms with Crippen LogP contribution in [-0.4, -0.2) is 31.1 Å². The summed E-state index contributed by atoms with van der Waals surface area (Å²) in [7, 11) is 0. The van der Waals surface area contributed by atoms with Gasteiger partial charge < -0.3 is 15.4 Å². The number of nitrogens with zero attached hydrogens (tertiary/aromatic N) is 1. The van der Waals surface area contributed by atoms with Gasteiger partial charge in [-0.05, 0) is 53.9 Å². The van der Waals surface area contributed by atoms with Crippen molar-refractivity contribution in [1.82, 2.24) is 4.90 Å². The number of hydrogen-bond donors (Lipinski definition) is 1. The average Bonchev–Trinajstić information content (AvgIpc) is 2.27. The standard InChI is InChI=1S/C12H19IN2O/c1-3-15(4-2)7-8-16-12-6-5-10(13)9-11(12)14/h5-6,9H,3-4,7-8,14H2,1-2H3. The largest absolute Gasteiger partial charge is 0.490 e. The van der Waals surface area contributed by atoms with Gasteiger partial charge in [-0.15, -0.1) is 0 Å². The van der Waals surface area contributed by atoms with Crippen LogP contribution >= 0.6 is 22.6 Å². The third-order valence-corrected chi connectivity index (χ3v) is 3.20. The highest BCUT2D eigenvalue weighted by Crippen LogP contribution is 2.23. The molecule has 0 amide bonds. The van der Waals surface area contributed by atoms with Crippen LogP contribution in [0, 0.1) is 3.57 Å². The second-order valence-electron chi connectivity index (χ2n) is 3.56. The number of halogens is 1. The molecule has 0 aromatic heterocycles. The fourth-order valence-corrected chi connectivity index (χ4v) is 1.99. The van der Waals surface area contributed by atoms with Crippen molar-refractivity contribution >= 4 is 28.3 Å². The molecule has 3 nitrogen and oxygen atoms in total. The molecule has 0 spiro atoms. The summed E-state index contributed by atoms with van der Waals surface area (Å²) in [5.74, 6) is 0.785. The van der Waals surface area contributed by atoms with E-state index >= 15 is 0 Å². The fourth-order valence-electron chi connectivity index (χ4n) is 1.48. The second kappa shape index (κ2) is 6.96. The van der Waals surface area contributed by atoms with E-state index < -0.39 is 0 Å². The fraction of sp³-hybridized carbons (Fsp3) is 0.500. The molecule has 2 N–H and O–H groups in total. The summed E-state index contributed by atoms with van der Waals surface area (Å²) in [6.45, 7) is 8.06. The van der Waals surface area contributed by atoms with Gasteiger partial charge in [-0.1, -0.05) is 13.8 Å². The summed E-state index contributed by atoms with van der Waals surface area (Å²) < 4.78 is 6.79. The molecule has 0 atom stereocenters. The van der Waals surface area contributed by atoms with Crippen LogP contribution in [0.3, 0.4) is 0 Å². The van der Waals surface area contributed by atoms with Crippen molar-refractivity contribution in [2.24, 2.45) is 0 Å². The first-order valence-corrected chi connectivity index (χ1v) is 6.65. The normalized spacial score (nSPS) is 10.8. The van der Waals surface area contributed by atoms with Gasteiger partial charge in [-0.3, -0.25) is 0 Å². The molecule has 16 heavy (non-hydrogen) atoms. The summed E-state index contributed by atoms with van der Waals surface area (Å²) in [6.07, 6.45) is 0.